The number of ether oxygens (including phenoxy) is 1. The molecule has 1 heterocycles. The second-order valence-corrected chi connectivity index (χ2v) is 9.08. The molecule has 0 saturated heterocycles. The predicted octanol–water partition coefficient (Wildman–Crippen LogP) is 4.89. The SMILES string of the molecule is CC(C)CCn1c(COc2ccccc2)nnc1SC(C)C(=O)Nc1cccc(C#N)c1. The highest BCUT2D eigenvalue weighted by Crippen LogP contribution is 2.25. The molecule has 1 amide bonds. The van der Waals surface area contributed by atoms with E-state index in [-0.39, 0.29) is 5.91 Å². The zero-order valence-electron chi connectivity index (χ0n) is 18.5. The molecule has 0 spiro atoms. The standard InChI is InChI=1S/C24H27N5O2S/c1-17(2)12-13-29-22(16-31-21-10-5-4-6-11-21)27-28-24(29)32-18(3)23(30)26-20-9-7-8-19(14-20)15-25/h4-11,14,17-18H,12-13,16H2,1-3H3,(H,26,30). The van der Waals surface area contributed by atoms with Crippen LogP contribution in [0, 0.1) is 17.2 Å². The lowest BCUT2D eigenvalue weighted by Gasteiger charge is -2.15. The molecule has 0 saturated carbocycles. The number of benzene rings is 2. The van der Waals surface area contributed by atoms with E-state index in [2.05, 4.69) is 35.4 Å². The molecular formula is C24H27N5O2S. The van der Waals surface area contributed by atoms with E-state index in [0.717, 1.165) is 24.5 Å². The van der Waals surface area contributed by atoms with E-state index < -0.39 is 5.25 Å². The predicted molar refractivity (Wildman–Crippen MR) is 125 cm³/mol. The van der Waals surface area contributed by atoms with Crippen molar-refractivity contribution in [1.29, 1.82) is 5.26 Å². The number of hydrogen-bond donors (Lipinski definition) is 1. The molecule has 3 aromatic rings. The van der Waals surface area contributed by atoms with Gasteiger partial charge in [0.25, 0.3) is 0 Å². The summed E-state index contributed by atoms with van der Waals surface area (Å²) in [5.74, 6) is 1.86. The summed E-state index contributed by atoms with van der Waals surface area (Å²) in [7, 11) is 0. The van der Waals surface area contributed by atoms with E-state index in [0.29, 0.717) is 28.9 Å². The zero-order valence-corrected chi connectivity index (χ0v) is 19.3. The van der Waals surface area contributed by atoms with Gasteiger partial charge in [0.2, 0.25) is 5.91 Å². The number of rotatable bonds is 10. The maximum Gasteiger partial charge on any atom is 0.237 e. The highest BCUT2D eigenvalue weighted by Gasteiger charge is 2.21. The molecule has 0 aliphatic rings. The number of nitrogens with one attached hydrogen (secondary N) is 1. The number of thioether (sulfide) groups is 1. The third-order valence-corrected chi connectivity index (χ3v) is 5.83. The van der Waals surface area contributed by atoms with Crippen molar-refractivity contribution in [3.8, 4) is 11.8 Å². The largest absolute Gasteiger partial charge is 0.486 e. The fourth-order valence-electron chi connectivity index (χ4n) is 2.91. The van der Waals surface area contributed by atoms with Gasteiger partial charge in [-0.1, -0.05) is 49.9 Å². The van der Waals surface area contributed by atoms with Gasteiger partial charge >= 0.3 is 0 Å². The Hall–Kier alpha value is -3.31. The molecule has 8 heteroatoms. The van der Waals surface area contributed by atoms with Crippen LogP contribution in [0.2, 0.25) is 0 Å². The van der Waals surface area contributed by atoms with Crippen molar-refractivity contribution in [3.05, 3.63) is 66.0 Å². The molecule has 1 unspecified atom stereocenters. The number of carbonyl (C=O) groups is 1. The number of amides is 1. The molecule has 1 N–H and O–H groups in total. The third kappa shape index (κ3) is 6.59. The van der Waals surface area contributed by atoms with Gasteiger partial charge in [0, 0.05) is 12.2 Å². The van der Waals surface area contributed by atoms with Crippen molar-refractivity contribution in [2.24, 2.45) is 5.92 Å². The summed E-state index contributed by atoms with van der Waals surface area (Å²) in [5.41, 5.74) is 1.10. The van der Waals surface area contributed by atoms with Gasteiger partial charge in [0.15, 0.2) is 11.0 Å². The summed E-state index contributed by atoms with van der Waals surface area (Å²) < 4.78 is 7.90. The van der Waals surface area contributed by atoms with E-state index in [9.17, 15) is 4.79 Å². The Morgan fingerprint density at radius 2 is 1.94 bits per heavy atom. The zero-order chi connectivity index (χ0) is 22.9. The van der Waals surface area contributed by atoms with Gasteiger partial charge in [0.05, 0.1) is 16.9 Å². The van der Waals surface area contributed by atoms with Crippen LogP contribution < -0.4 is 10.1 Å². The molecule has 0 fully saturated rings. The first kappa shape index (κ1) is 23.4. The van der Waals surface area contributed by atoms with Crippen molar-refractivity contribution >= 4 is 23.4 Å². The molecule has 2 aromatic carbocycles. The van der Waals surface area contributed by atoms with Crippen molar-refractivity contribution < 1.29 is 9.53 Å². The summed E-state index contributed by atoms with van der Waals surface area (Å²) in [6.45, 7) is 7.22. The Kier molecular flexibility index (Phi) is 8.28. The minimum Gasteiger partial charge on any atom is -0.486 e. The van der Waals surface area contributed by atoms with Crippen LogP contribution in [0.5, 0.6) is 5.75 Å². The molecule has 166 valence electrons. The molecule has 0 aliphatic carbocycles. The number of anilines is 1. The van der Waals surface area contributed by atoms with Crippen molar-refractivity contribution in [3.63, 3.8) is 0 Å². The Morgan fingerprint density at radius 3 is 2.66 bits per heavy atom. The first-order chi connectivity index (χ1) is 15.5. The first-order valence-corrected chi connectivity index (χ1v) is 11.4. The van der Waals surface area contributed by atoms with Crippen LogP contribution in [0.4, 0.5) is 5.69 Å². The smallest absolute Gasteiger partial charge is 0.237 e. The number of aromatic nitrogens is 3. The summed E-state index contributed by atoms with van der Waals surface area (Å²) in [4.78, 5) is 12.7. The monoisotopic (exact) mass is 449 g/mol. The molecular weight excluding hydrogens is 422 g/mol. The fraction of sp³-hybridized carbons (Fsp3) is 0.333. The lowest BCUT2D eigenvalue weighted by atomic mass is 10.1. The van der Waals surface area contributed by atoms with Gasteiger partial charge in [0.1, 0.15) is 12.4 Å². The normalized spacial score (nSPS) is 11.7. The highest BCUT2D eigenvalue weighted by molar-refractivity contribution is 8.00. The minimum atomic E-state index is -0.398. The summed E-state index contributed by atoms with van der Waals surface area (Å²) in [6.07, 6.45) is 0.964. The second kappa shape index (κ2) is 11.3. The summed E-state index contributed by atoms with van der Waals surface area (Å²) in [6, 6.07) is 18.5. The van der Waals surface area contributed by atoms with E-state index in [1.165, 1.54) is 11.8 Å². The van der Waals surface area contributed by atoms with Crippen molar-refractivity contribution in [1.82, 2.24) is 14.8 Å². The van der Waals surface area contributed by atoms with Crippen LogP contribution in [0.15, 0.2) is 59.8 Å². The number of hydrogen-bond acceptors (Lipinski definition) is 6. The van der Waals surface area contributed by atoms with Crippen LogP contribution in [0.3, 0.4) is 0 Å². The van der Waals surface area contributed by atoms with Crippen LogP contribution in [-0.4, -0.2) is 25.9 Å². The number of para-hydroxylation sites is 1. The molecule has 32 heavy (non-hydrogen) atoms. The minimum absolute atomic E-state index is 0.161. The first-order valence-electron chi connectivity index (χ1n) is 10.5. The number of carbonyl (C=O) groups excluding carboxylic acids is 1. The van der Waals surface area contributed by atoms with Gasteiger partial charge in [-0.3, -0.25) is 4.79 Å². The van der Waals surface area contributed by atoms with E-state index in [4.69, 9.17) is 10.00 Å². The summed E-state index contributed by atoms with van der Waals surface area (Å²) in [5, 5.41) is 20.9. The van der Waals surface area contributed by atoms with Gasteiger partial charge in [-0.2, -0.15) is 5.26 Å². The van der Waals surface area contributed by atoms with Gasteiger partial charge in [-0.15, -0.1) is 10.2 Å². The Balaban J connectivity index is 1.70. The molecule has 0 bridgehead atoms. The average molecular weight is 450 g/mol. The molecule has 0 radical (unpaired) electrons. The fourth-order valence-corrected chi connectivity index (χ4v) is 3.81. The van der Waals surface area contributed by atoms with Crippen LogP contribution >= 0.6 is 11.8 Å². The third-order valence-electron chi connectivity index (χ3n) is 4.75. The quantitative estimate of drug-likeness (QED) is 0.443. The van der Waals surface area contributed by atoms with E-state index >= 15 is 0 Å². The summed E-state index contributed by atoms with van der Waals surface area (Å²) >= 11 is 1.36. The van der Waals surface area contributed by atoms with E-state index in [1.54, 1.807) is 24.3 Å². The average Bonchev–Trinajstić information content (AvgIpc) is 3.18. The molecule has 3 rings (SSSR count). The topological polar surface area (TPSA) is 92.8 Å². The van der Waals surface area contributed by atoms with Crippen LogP contribution in [0.25, 0.3) is 0 Å². The van der Waals surface area contributed by atoms with Crippen LogP contribution in [-0.2, 0) is 17.9 Å². The van der Waals surface area contributed by atoms with E-state index in [1.807, 2.05) is 41.8 Å². The maximum absolute atomic E-state index is 12.7. The van der Waals surface area contributed by atoms with Gasteiger partial charge in [-0.25, -0.2) is 0 Å². The van der Waals surface area contributed by atoms with Gasteiger partial charge in [-0.05, 0) is 49.6 Å². The van der Waals surface area contributed by atoms with Crippen LogP contribution in [0.1, 0.15) is 38.6 Å². The molecule has 1 atom stereocenters. The lowest BCUT2D eigenvalue weighted by Crippen LogP contribution is -2.23. The van der Waals surface area contributed by atoms with Crippen molar-refractivity contribution in [2.45, 2.75) is 50.8 Å². The lowest BCUT2D eigenvalue weighted by molar-refractivity contribution is -0.115. The number of nitrogens with zero attached hydrogens (tertiary/aromatic N) is 4. The highest BCUT2D eigenvalue weighted by atomic mass is 32.2. The second-order valence-electron chi connectivity index (χ2n) is 7.78. The molecule has 0 aliphatic heterocycles. The molecule has 1 aromatic heterocycles. The Bertz CT molecular complexity index is 1080. The Morgan fingerprint density at radius 1 is 1.16 bits per heavy atom. The molecule has 7 nitrogen and oxygen atoms in total. The number of nitriles is 1. The maximum atomic E-state index is 12.7. The van der Waals surface area contributed by atoms with Gasteiger partial charge < -0.3 is 14.6 Å². The Labute approximate surface area is 192 Å². The van der Waals surface area contributed by atoms with Crippen molar-refractivity contribution in [2.75, 3.05) is 5.32 Å².